The summed E-state index contributed by atoms with van der Waals surface area (Å²) in [5, 5.41) is 0.900. The van der Waals surface area contributed by atoms with Crippen molar-refractivity contribution in [2.75, 3.05) is 13.2 Å². The molecule has 1 aliphatic heterocycles. The van der Waals surface area contributed by atoms with Gasteiger partial charge >= 0.3 is 0 Å². The molecule has 1 saturated heterocycles. The van der Waals surface area contributed by atoms with Gasteiger partial charge in [0.15, 0.2) is 5.01 Å². The molecule has 3 nitrogen and oxygen atoms in total. The largest absolute Gasteiger partial charge is 0.344 e. The summed E-state index contributed by atoms with van der Waals surface area (Å²) >= 11 is 4.98. The summed E-state index contributed by atoms with van der Waals surface area (Å²) in [4.78, 5) is 4.31. The maximum atomic E-state index is 5.31. The number of aromatic nitrogens is 1. The first-order chi connectivity index (χ1) is 5.77. The third kappa shape index (κ3) is 1.54. The van der Waals surface area contributed by atoms with Crippen LogP contribution in [0, 0.1) is 6.92 Å². The number of rotatable bonds is 1. The molecule has 66 valence electrons. The van der Waals surface area contributed by atoms with E-state index in [-0.39, 0.29) is 6.29 Å². The number of hydrogen-bond acceptors (Lipinski definition) is 4. The van der Waals surface area contributed by atoms with Crippen molar-refractivity contribution in [1.82, 2.24) is 4.98 Å². The highest BCUT2D eigenvalue weighted by atomic mass is 79.9. The maximum Gasteiger partial charge on any atom is 0.211 e. The number of thiazole rings is 1. The Bertz CT molecular complexity index is 263. The molecule has 2 rings (SSSR count). The molecule has 1 aromatic heterocycles. The van der Waals surface area contributed by atoms with E-state index in [1.807, 2.05) is 6.92 Å². The Hall–Kier alpha value is 0.0300. The fraction of sp³-hybridized carbons (Fsp3) is 0.571. The van der Waals surface area contributed by atoms with Gasteiger partial charge in [0.05, 0.1) is 22.7 Å². The van der Waals surface area contributed by atoms with E-state index in [1.54, 1.807) is 11.3 Å². The van der Waals surface area contributed by atoms with E-state index < -0.39 is 0 Å². The van der Waals surface area contributed by atoms with Crippen molar-refractivity contribution in [1.29, 1.82) is 0 Å². The minimum Gasteiger partial charge on any atom is -0.344 e. The van der Waals surface area contributed by atoms with Crippen molar-refractivity contribution in [3.05, 3.63) is 14.5 Å². The third-order valence-corrected chi connectivity index (χ3v) is 3.61. The summed E-state index contributed by atoms with van der Waals surface area (Å²) in [6.07, 6.45) is -0.236. The lowest BCUT2D eigenvalue weighted by Gasteiger charge is -2.02. The topological polar surface area (TPSA) is 31.4 Å². The first-order valence-electron chi connectivity index (χ1n) is 3.63. The summed E-state index contributed by atoms with van der Waals surface area (Å²) in [5.41, 5.74) is 0.995. The van der Waals surface area contributed by atoms with Crippen molar-refractivity contribution < 1.29 is 9.47 Å². The first kappa shape index (κ1) is 8.62. The van der Waals surface area contributed by atoms with Gasteiger partial charge in [0.25, 0.3) is 0 Å². The number of halogens is 1. The van der Waals surface area contributed by atoms with Gasteiger partial charge in [0, 0.05) is 0 Å². The molecule has 1 fully saturated rings. The number of ether oxygens (including phenoxy) is 2. The molecular formula is C7H8BrNO2S. The monoisotopic (exact) mass is 249 g/mol. The van der Waals surface area contributed by atoms with Crippen LogP contribution in [-0.2, 0) is 9.47 Å². The molecule has 0 bridgehead atoms. The van der Waals surface area contributed by atoms with Crippen molar-refractivity contribution in [2.45, 2.75) is 13.2 Å². The van der Waals surface area contributed by atoms with Crippen LogP contribution in [-0.4, -0.2) is 18.2 Å². The van der Waals surface area contributed by atoms with E-state index in [0.717, 1.165) is 14.5 Å². The fourth-order valence-corrected chi connectivity index (χ4v) is 2.38. The molecule has 0 N–H and O–H groups in total. The number of hydrogen-bond donors (Lipinski definition) is 0. The lowest BCUT2D eigenvalue weighted by atomic mass is 10.6. The SMILES string of the molecule is Cc1nc(C2OCCO2)sc1Br. The van der Waals surface area contributed by atoms with Crippen molar-refractivity contribution in [2.24, 2.45) is 0 Å². The lowest BCUT2D eigenvalue weighted by molar-refractivity contribution is -0.0442. The fourth-order valence-electron chi connectivity index (χ4n) is 1.000. The maximum absolute atomic E-state index is 5.31. The van der Waals surface area contributed by atoms with Gasteiger partial charge in [-0.1, -0.05) is 0 Å². The minimum atomic E-state index is -0.236. The van der Waals surface area contributed by atoms with Crippen molar-refractivity contribution in [3.8, 4) is 0 Å². The summed E-state index contributed by atoms with van der Waals surface area (Å²) in [5.74, 6) is 0. The van der Waals surface area contributed by atoms with Gasteiger partial charge in [-0.3, -0.25) is 0 Å². The zero-order valence-electron chi connectivity index (χ0n) is 6.54. The Balaban J connectivity index is 2.21. The van der Waals surface area contributed by atoms with E-state index >= 15 is 0 Å². The van der Waals surface area contributed by atoms with Crippen LogP contribution in [0.25, 0.3) is 0 Å². The molecule has 12 heavy (non-hydrogen) atoms. The molecule has 0 radical (unpaired) electrons. The van der Waals surface area contributed by atoms with Crippen LogP contribution >= 0.6 is 27.3 Å². The van der Waals surface area contributed by atoms with Gasteiger partial charge < -0.3 is 9.47 Å². The molecule has 0 aliphatic carbocycles. The van der Waals surface area contributed by atoms with Gasteiger partial charge in [-0.2, -0.15) is 0 Å². The molecule has 5 heteroatoms. The Morgan fingerprint density at radius 2 is 2.17 bits per heavy atom. The average molecular weight is 250 g/mol. The Morgan fingerprint density at radius 1 is 1.50 bits per heavy atom. The Kier molecular flexibility index (Phi) is 2.45. The summed E-state index contributed by atoms with van der Waals surface area (Å²) in [6.45, 7) is 3.29. The number of nitrogens with zero attached hydrogens (tertiary/aromatic N) is 1. The summed E-state index contributed by atoms with van der Waals surface area (Å²) in [6, 6.07) is 0. The number of aryl methyl sites for hydroxylation is 1. The molecule has 2 heterocycles. The van der Waals surface area contributed by atoms with Gasteiger partial charge in [-0.25, -0.2) is 4.98 Å². The second-order valence-electron chi connectivity index (χ2n) is 2.48. The average Bonchev–Trinajstić information content (AvgIpc) is 2.61. The van der Waals surface area contributed by atoms with Crippen LogP contribution in [0.3, 0.4) is 0 Å². The molecule has 0 spiro atoms. The predicted molar refractivity (Wildman–Crippen MR) is 49.2 cm³/mol. The first-order valence-corrected chi connectivity index (χ1v) is 5.24. The highest BCUT2D eigenvalue weighted by Crippen LogP contribution is 2.32. The quantitative estimate of drug-likeness (QED) is 0.766. The van der Waals surface area contributed by atoms with Gasteiger partial charge in [0.1, 0.15) is 0 Å². The smallest absolute Gasteiger partial charge is 0.211 e. The molecule has 1 aliphatic rings. The summed E-state index contributed by atoms with van der Waals surface area (Å²) in [7, 11) is 0. The van der Waals surface area contributed by atoms with Gasteiger partial charge in [-0.15, -0.1) is 11.3 Å². The second-order valence-corrected chi connectivity index (χ2v) is 4.83. The standard InChI is InChI=1S/C7H8BrNO2S/c1-4-5(8)12-6(9-4)7-10-2-3-11-7/h7H,2-3H2,1H3. The van der Waals surface area contributed by atoms with Crippen molar-refractivity contribution in [3.63, 3.8) is 0 Å². The second kappa shape index (κ2) is 3.41. The predicted octanol–water partition coefficient (Wildman–Crippen LogP) is 2.26. The normalized spacial score (nSPS) is 18.8. The molecule has 0 saturated carbocycles. The van der Waals surface area contributed by atoms with Crippen LogP contribution in [0.2, 0.25) is 0 Å². The third-order valence-electron chi connectivity index (χ3n) is 1.58. The van der Waals surface area contributed by atoms with Crippen LogP contribution in [0.15, 0.2) is 3.79 Å². The van der Waals surface area contributed by atoms with Crippen LogP contribution < -0.4 is 0 Å². The minimum absolute atomic E-state index is 0.236. The van der Waals surface area contributed by atoms with Crippen LogP contribution in [0.1, 0.15) is 17.0 Å². The molecule has 0 unspecified atom stereocenters. The zero-order chi connectivity index (χ0) is 8.55. The molecule has 0 amide bonds. The van der Waals surface area contributed by atoms with Crippen LogP contribution in [0.4, 0.5) is 0 Å². The van der Waals surface area contributed by atoms with E-state index in [2.05, 4.69) is 20.9 Å². The molecular weight excluding hydrogens is 242 g/mol. The Morgan fingerprint density at radius 3 is 2.67 bits per heavy atom. The van der Waals surface area contributed by atoms with Crippen molar-refractivity contribution >= 4 is 27.3 Å². The molecule has 0 atom stereocenters. The Labute approximate surface area is 82.8 Å². The lowest BCUT2D eigenvalue weighted by Crippen LogP contribution is -1.96. The van der Waals surface area contributed by atoms with E-state index in [4.69, 9.17) is 9.47 Å². The highest BCUT2D eigenvalue weighted by molar-refractivity contribution is 9.11. The molecule has 0 aromatic carbocycles. The van der Waals surface area contributed by atoms with Gasteiger partial charge in [0.2, 0.25) is 6.29 Å². The van der Waals surface area contributed by atoms with Gasteiger partial charge in [-0.05, 0) is 22.9 Å². The van der Waals surface area contributed by atoms with Crippen LogP contribution in [0.5, 0.6) is 0 Å². The highest BCUT2D eigenvalue weighted by Gasteiger charge is 2.22. The van der Waals surface area contributed by atoms with E-state index in [9.17, 15) is 0 Å². The molecule has 1 aromatic rings. The van der Waals surface area contributed by atoms with E-state index in [1.165, 1.54) is 0 Å². The van der Waals surface area contributed by atoms with E-state index in [0.29, 0.717) is 13.2 Å². The summed E-state index contributed by atoms with van der Waals surface area (Å²) < 4.78 is 11.7. The zero-order valence-corrected chi connectivity index (χ0v) is 8.94.